The number of primary amides is 1. The lowest BCUT2D eigenvalue weighted by atomic mass is 9.73. The van der Waals surface area contributed by atoms with Crippen LogP contribution in [0.2, 0.25) is 10.0 Å². The second kappa shape index (κ2) is 16.1. The summed E-state index contributed by atoms with van der Waals surface area (Å²) in [5.41, 5.74) is 11.1. The number of benzene rings is 4. The van der Waals surface area contributed by atoms with Crippen LogP contribution in [-0.2, 0) is 20.9 Å². The monoisotopic (exact) mass is 710 g/mol. The fraction of sp³-hybridized carbons (Fsp3) is 0.341. The maximum absolute atomic E-state index is 14.8. The largest absolute Gasteiger partial charge is 0.369 e. The van der Waals surface area contributed by atoms with Crippen molar-refractivity contribution >= 4 is 58.0 Å². The Bertz CT molecular complexity index is 1830. The van der Waals surface area contributed by atoms with E-state index in [0.29, 0.717) is 28.8 Å². The fourth-order valence-corrected chi connectivity index (χ4v) is 7.76. The third kappa shape index (κ3) is 8.00. The summed E-state index contributed by atoms with van der Waals surface area (Å²) in [5, 5.41) is 4.26. The smallest absolute Gasteiger partial charge is 0.251 e. The minimum Gasteiger partial charge on any atom is -0.369 e. The number of nitrogens with two attached hydrogens (primary N) is 1. The Morgan fingerprint density at radius 3 is 2.32 bits per heavy atom. The number of fused-ring (bicyclic) bond motifs is 1. The number of nitrogens with zero attached hydrogens (tertiary/aromatic N) is 2. The van der Waals surface area contributed by atoms with Gasteiger partial charge in [-0.05, 0) is 72.4 Å². The van der Waals surface area contributed by atoms with Gasteiger partial charge in [0, 0.05) is 33.1 Å². The molecule has 6 rings (SSSR count). The van der Waals surface area contributed by atoms with Crippen LogP contribution in [0.3, 0.4) is 0 Å². The second-order valence-electron chi connectivity index (χ2n) is 13.5. The van der Waals surface area contributed by atoms with Crippen molar-refractivity contribution in [3.8, 4) is 11.1 Å². The van der Waals surface area contributed by atoms with Crippen molar-refractivity contribution in [2.75, 3.05) is 16.3 Å². The summed E-state index contributed by atoms with van der Waals surface area (Å²) in [5.74, 6) is -1.77. The number of rotatable bonds is 13. The molecule has 2 aliphatic rings. The molecule has 0 bridgehead atoms. The van der Waals surface area contributed by atoms with E-state index >= 15 is 0 Å². The van der Waals surface area contributed by atoms with E-state index in [1.54, 1.807) is 17.0 Å². The Morgan fingerprint density at radius 1 is 0.900 bits per heavy atom. The summed E-state index contributed by atoms with van der Waals surface area (Å²) >= 11 is 12.8. The van der Waals surface area contributed by atoms with Crippen LogP contribution in [0.5, 0.6) is 0 Å². The summed E-state index contributed by atoms with van der Waals surface area (Å²) in [6, 6.07) is 30.2. The molecule has 1 fully saturated rings. The van der Waals surface area contributed by atoms with Gasteiger partial charge in [-0.25, -0.2) is 0 Å². The molecule has 1 aliphatic heterocycles. The van der Waals surface area contributed by atoms with E-state index in [1.807, 2.05) is 84.9 Å². The Kier molecular flexibility index (Phi) is 11.5. The first kappa shape index (κ1) is 35.5. The number of carbonyl (C=O) groups is 3. The molecule has 3 N–H and O–H groups in total. The van der Waals surface area contributed by atoms with Gasteiger partial charge in [-0.3, -0.25) is 14.4 Å². The second-order valence-corrected chi connectivity index (χ2v) is 14.4. The van der Waals surface area contributed by atoms with Crippen LogP contribution in [0.4, 0.5) is 17.1 Å². The first-order valence-corrected chi connectivity index (χ1v) is 18.4. The van der Waals surface area contributed by atoms with Gasteiger partial charge in [0.25, 0.3) is 5.91 Å². The standard InChI is InChI=1S/C41H44Cl2N4O3/c1-2-3-17-33(39(44)48)34(23-27-11-9-12-27)40(49)45-36-26-46(31-15-5-4-6-16-31)37-18-7-8-19-38(37)47(41(36)50)25-28-13-10-14-29(22-28)32-21-20-30(42)24-35(32)43/h4-8,10,13-16,18-22,24,27,33-34,36H,2-3,9,11-12,17,23,25-26H2,1H3,(H2,44,48)(H,45,49). The minimum atomic E-state index is -0.896. The van der Waals surface area contributed by atoms with Gasteiger partial charge < -0.3 is 20.9 Å². The Labute approximate surface area is 304 Å². The van der Waals surface area contributed by atoms with Crippen LogP contribution < -0.4 is 20.9 Å². The SMILES string of the molecule is CCCCC(C(N)=O)C(CC1CCC1)C(=O)NC1CN(c2ccccc2)c2ccccc2N(Cc2cccc(-c3ccc(Cl)cc3Cl)c2)C1=O. The zero-order valence-corrected chi connectivity index (χ0v) is 29.9. The Morgan fingerprint density at radius 2 is 1.64 bits per heavy atom. The number of hydrogen-bond acceptors (Lipinski definition) is 4. The minimum absolute atomic E-state index is 0.217. The van der Waals surface area contributed by atoms with E-state index < -0.39 is 23.8 Å². The van der Waals surface area contributed by atoms with Crippen molar-refractivity contribution < 1.29 is 14.4 Å². The average molecular weight is 712 g/mol. The molecule has 3 unspecified atom stereocenters. The van der Waals surface area contributed by atoms with Gasteiger partial charge in [0.15, 0.2) is 0 Å². The van der Waals surface area contributed by atoms with Crippen LogP contribution in [0.1, 0.15) is 57.4 Å². The lowest BCUT2D eigenvalue weighted by Crippen LogP contribution is -2.54. The topological polar surface area (TPSA) is 95.7 Å². The summed E-state index contributed by atoms with van der Waals surface area (Å²) in [7, 11) is 0. The van der Waals surface area contributed by atoms with Crippen molar-refractivity contribution in [3.05, 3.63) is 113 Å². The summed E-state index contributed by atoms with van der Waals surface area (Å²) in [6.45, 7) is 2.54. The normalized spacial score (nSPS) is 17.3. The first-order valence-electron chi connectivity index (χ1n) is 17.6. The third-order valence-electron chi connectivity index (χ3n) is 10.2. The van der Waals surface area contributed by atoms with Crippen LogP contribution in [0.25, 0.3) is 11.1 Å². The molecular formula is C41H44Cl2N4O3. The Hall–Kier alpha value is -4.33. The number of carbonyl (C=O) groups excluding carboxylic acids is 3. The van der Waals surface area contributed by atoms with Gasteiger partial charge in [-0.2, -0.15) is 0 Å². The van der Waals surface area contributed by atoms with Gasteiger partial charge in [0.05, 0.1) is 24.5 Å². The van der Waals surface area contributed by atoms with E-state index in [-0.39, 0.29) is 24.9 Å². The van der Waals surface area contributed by atoms with Crippen molar-refractivity contribution in [1.29, 1.82) is 0 Å². The molecule has 7 nitrogen and oxygen atoms in total. The fourth-order valence-electron chi connectivity index (χ4n) is 7.24. The molecule has 3 amide bonds. The lowest BCUT2D eigenvalue weighted by Gasteiger charge is -2.34. The van der Waals surface area contributed by atoms with E-state index in [9.17, 15) is 14.4 Å². The van der Waals surface area contributed by atoms with Crippen molar-refractivity contribution in [1.82, 2.24) is 5.32 Å². The molecule has 4 aromatic carbocycles. The highest BCUT2D eigenvalue weighted by Gasteiger charge is 2.40. The maximum atomic E-state index is 14.8. The molecule has 4 aromatic rings. The number of halogens is 2. The van der Waals surface area contributed by atoms with E-state index in [0.717, 1.165) is 65.9 Å². The van der Waals surface area contributed by atoms with Crippen molar-refractivity contribution in [2.45, 2.75) is 64.5 Å². The molecule has 260 valence electrons. The Balaban J connectivity index is 1.37. The van der Waals surface area contributed by atoms with Gasteiger partial charge in [0.2, 0.25) is 11.8 Å². The van der Waals surface area contributed by atoms with Crippen molar-refractivity contribution in [2.24, 2.45) is 23.5 Å². The quantitative estimate of drug-likeness (QED) is 0.145. The highest BCUT2D eigenvalue weighted by atomic mass is 35.5. The molecule has 1 saturated carbocycles. The molecular weight excluding hydrogens is 667 g/mol. The molecule has 3 atom stereocenters. The summed E-state index contributed by atoms with van der Waals surface area (Å²) in [6.07, 6.45) is 6.05. The maximum Gasteiger partial charge on any atom is 0.251 e. The number of amides is 3. The zero-order valence-electron chi connectivity index (χ0n) is 28.4. The van der Waals surface area contributed by atoms with Gasteiger partial charge in [0.1, 0.15) is 6.04 Å². The number of anilines is 3. The number of nitrogens with one attached hydrogen (secondary N) is 1. The third-order valence-corrected chi connectivity index (χ3v) is 10.7. The molecule has 9 heteroatoms. The zero-order chi connectivity index (χ0) is 35.2. The predicted molar refractivity (Wildman–Crippen MR) is 203 cm³/mol. The van der Waals surface area contributed by atoms with Crippen LogP contribution >= 0.6 is 23.2 Å². The molecule has 0 radical (unpaired) electrons. The van der Waals surface area contributed by atoms with Crippen LogP contribution in [0.15, 0.2) is 97.1 Å². The van der Waals surface area contributed by atoms with E-state index in [1.165, 1.54) is 0 Å². The van der Waals surface area contributed by atoms with Crippen LogP contribution in [0, 0.1) is 17.8 Å². The highest BCUT2D eigenvalue weighted by molar-refractivity contribution is 6.36. The van der Waals surface area contributed by atoms with E-state index in [4.69, 9.17) is 28.9 Å². The molecule has 0 saturated heterocycles. The molecule has 1 heterocycles. The predicted octanol–water partition coefficient (Wildman–Crippen LogP) is 8.93. The number of unbranched alkanes of at least 4 members (excludes halogenated alkanes) is 1. The summed E-state index contributed by atoms with van der Waals surface area (Å²) < 4.78 is 0. The highest BCUT2D eigenvalue weighted by Crippen LogP contribution is 2.40. The molecule has 0 aromatic heterocycles. The number of hydrogen-bond donors (Lipinski definition) is 2. The van der Waals surface area contributed by atoms with Crippen molar-refractivity contribution in [3.63, 3.8) is 0 Å². The molecule has 1 aliphatic carbocycles. The van der Waals surface area contributed by atoms with Gasteiger partial charge >= 0.3 is 0 Å². The van der Waals surface area contributed by atoms with Crippen LogP contribution in [-0.4, -0.2) is 30.3 Å². The lowest BCUT2D eigenvalue weighted by molar-refractivity contribution is -0.136. The van der Waals surface area contributed by atoms with E-state index in [2.05, 4.69) is 17.1 Å². The molecule has 50 heavy (non-hydrogen) atoms. The summed E-state index contributed by atoms with van der Waals surface area (Å²) in [4.78, 5) is 45.8. The number of para-hydroxylation sites is 3. The molecule has 0 spiro atoms. The first-order chi connectivity index (χ1) is 24.2. The van der Waals surface area contributed by atoms with Gasteiger partial charge in [-0.15, -0.1) is 0 Å². The van der Waals surface area contributed by atoms with Gasteiger partial charge in [-0.1, -0.05) is 117 Å². The average Bonchev–Trinajstić information content (AvgIpc) is 3.20.